The lowest BCUT2D eigenvalue weighted by molar-refractivity contribution is 0.0812. The van der Waals surface area contributed by atoms with E-state index in [2.05, 4.69) is 12.2 Å². The number of carbonyl (C=O) groups excluding carboxylic acids is 1. The second-order valence-electron chi connectivity index (χ2n) is 5.93. The van der Waals surface area contributed by atoms with Crippen molar-refractivity contribution in [3.05, 3.63) is 35.1 Å². The Labute approximate surface area is 119 Å². The largest absolute Gasteiger partial charge is 0.345 e. The molecule has 2 unspecified atom stereocenters. The highest BCUT2D eigenvalue weighted by Crippen LogP contribution is 2.33. The van der Waals surface area contributed by atoms with Crippen molar-refractivity contribution in [2.24, 2.45) is 11.7 Å². The van der Waals surface area contributed by atoms with Gasteiger partial charge in [-0.2, -0.15) is 0 Å². The van der Waals surface area contributed by atoms with Crippen LogP contribution in [0.1, 0.15) is 48.5 Å². The van der Waals surface area contributed by atoms with Gasteiger partial charge >= 0.3 is 0 Å². The Morgan fingerprint density at radius 1 is 1.50 bits per heavy atom. The number of hydrogen-bond donors (Lipinski definition) is 2. The van der Waals surface area contributed by atoms with E-state index in [0.717, 1.165) is 19.3 Å². The lowest BCUT2D eigenvalue weighted by Gasteiger charge is -2.42. The molecule has 0 saturated heterocycles. The summed E-state index contributed by atoms with van der Waals surface area (Å²) in [5.74, 6) is -0.236. The topological polar surface area (TPSA) is 55.1 Å². The summed E-state index contributed by atoms with van der Waals surface area (Å²) >= 11 is 0. The van der Waals surface area contributed by atoms with Crippen LogP contribution in [0.15, 0.2) is 18.2 Å². The van der Waals surface area contributed by atoms with Crippen molar-refractivity contribution in [1.82, 2.24) is 5.32 Å². The van der Waals surface area contributed by atoms with E-state index in [0.29, 0.717) is 23.6 Å². The maximum absolute atomic E-state index is 13.6. The van der Waals surface area contributed by atoms with Crippen LogP contribution in [0.3, 0.4) is 0 Å². The zero-order valence-electron chi connectivity index (χ0n) is 12.2. The summed E-state index contributed by atoms with van der Waals surface area (Å²) in [4.78, 5) is 12.4. The minimum absolute atomic E-state index is 0.233. The number of nitrogens with two attached hydrogens (primary N) is 1. The van der Waals surface area contributed by atoms with Crippen LogP contribution in [0.2, 0.25) is 0 Å². The number of rotatable bonds is 3. The molecule has 1 aliphatic carbocycles. The molecule has 0 aliphatic heterocycles. The first-order chi connectivity index (χ1) is 9.48. The fraction of sp³-hybridized carbons (Fsp3) is 0.562. The van der Waals surface area contributed by atoms with E-state index in [1.807, 2.05) is 0 Å². The van der Waals surface area contributed by atoms with Gasteiger partial charge < -0.3 is 11.1 Å². The second-order valence-corrected chi connectivity index (χ2v) is 5.93. The Kier molecular flexibility index (Phi) is 4.43. The number of benzene rings is 1. The van der Waals surface area contributed by atoms with E-state index in [4.69, 9.17) is 5.73 Å². The van der Waals surface area contributed by atoms with Crippen molar-refractivity contribution >= 4 is 5.91 Å². The van der Waals surface area contributed by atoms with Crippen LogP contribution in [0.25, 0.3) is 0 Å². The molecule has 110 valence electrons. The molecule has 1 amide bonds. The Balaban J connectivity index is 2.18. The Morgan fingerprint density at radius 2 is 2.25 bits per heavy atom. The number of carbonyl (C=O) groups is 1. The third kappa shape index (κ3) is 2.85. The van der Waals surface area contributed by atoms with E-state index in [-0.39, 0.29) is 17.3 Å². The smallest absolute Gasteiger partial charge is 0.251 e. The van der Waals surface area contributed by atoms with Gasteiger partial charge in [0, 0.05) is 12.1 Å². The lowest BCUT2D eigenvalue weighted by atomic mass is 9.73. The molecule has 1 aliphatic rings. The number of aryl methyl sites for hydroxylation is 1. The molecule has 3 N–H and O–H groups in total. The molecule has 0 bridgehead atoms. The first-order valence-electron chi connectivity index (χ1n) is 7.27. The van der Waals surface area contributed by atoms with E-state index in [9.17, 15) is 9.18 Å². The van der Waals surface area contributed by atoms with Crippen LogP contribution in [-0.2, 0) is 0 Å². The fourth-order valence-corrected chi connectivity index (χ4v) is 2.99. The highest BCUT2D eigenvalue weighted by Gasteiger charge is 2.38. The van der Waals surface area contributed by atoms with Gasteiger partial charge in [0.15, 0.2) is 0 Å². The Hall–Kier alpha value is -1.42. The van der Waals surface area contributed by atoms with Gasteiger partial charge in [0.2, 0.25) is 0 Å². The zero-order chi connectivity index (χ0) is 14.8. The summed E-state index contributed by atoms with van der Waals surface area (Å²) in [6, 6.07) is 4.58. The molecule has 2 atom stereocenters. The van der Waals surface area contributed by atoms with Crippen LogP contribution >= 0.6 is 0 Å². The summed E-state index contributed by atoms with van der Waals surface area (Å²) < 4.78 is 13.6. The van der Waals surface area contributed by atoms with Crippen LogP contribution in [0.4, 0.5) is 4.39 Å². The standard InChI is InChI=1S/C16H23FN2O/c1-11-6-7-13(9-14(11)17)15(20)19-16(10-18)8-4-3-5-12(16)2/h6-7,9,12H,3-5,8,10,18H2,1-2H3,(H,19,20). The predicted octanol–water partition coefficient (Wildman–Crippen LogP) is 2.77. The van der Waals surface area contributed by atoms with Gasteiger partial charge in [0.05, 0.1) is 5.54 Å². The SMILES string of the molecule is Cc1ccc(C(=O)NC2(CN)CCCCC2C)cc1F. The molecule has 1 saturated carbocycles. The fourth-order valence-electron chi connectivity index (χ4n) is 2.99. The zero-order valence-corrected chi connectivity index (χ0v) is 12.2. The van der Waals surface area contributed by atoms with Gasteiger partial charge in [-0.1, -0.05) is 25.8 Å². The summed E-state index contributed by atoms with van der Waals surface area (Å²) in [7, 11) is 0. The third-order valence-corrected chi connectivity index (χ3v) is 4.61. The molecule has 0 aromatic heterocycles. The van der Waals surface area contributed by atoms with Crippen molar-refractivity contribution in [3.8, 4) is 0 Å². The van der Waals surface area contributed by atoms with Gasteiger partial charge in [-0.05, 0) is 43.4 Å². The summed E-state index contributed by atoms with van der Waals surface area (Å²) in [6.45, 7) is 4.23. The highest BCUT2D eigenvalue weighted by molar-refractivity contribution is 5.94. The maximum atomic E-state index is 13.6. The molecular formula is C16H23FN2O. The van der Waals surface area contributed by atoms with Crippen molar-refractivity contribution in [1.29, 1.82) is 0 Å². The molecule has 4 heteroatoms. The molecule has 0 spiro atoms. The molecule has 1 aromatic carbocycles. The van der Waals surface area contributed by atoms with E-state index in [1.54, 1.807) is 19.1 Å². The molecule has 1 fully saturated rings. The minimum atomic E-state index is -0.351. The Bertz CT molecular complexity index is 503. The summed E-state index contributed by atoms with van der Waals surface area (Å²) in [5.41, 5.74) is 6.47. The van der Waals surface area contributed by atoms with Crippen LogP contribution < -0.4 is 11.1 Å². The molecule has 1 aromatic rings. The van der Waals surface area contributed by atoms with Crippen molar-refractivity contribution < 1.29 is 9.18 Å². The molecule has 0 radical (unpaired) electrons. The van der Waals surface area contributed by atoms with Gasteiger partial charge in [0.25, 0.3) is 5.91 Å². The number of nitrogens with one attached hydrogen (secondary N) is 1. The second kappa shape index (κ2) is 5.92. The average molecular weight is 278 g/mol. The van der Waals surface area contributed by atoms with Crippen LogP contribution in [0.5, 0.6) is 0 Å². The van der Waals surface area contributed by atoms with Gasteiger partial charge in [-0.3, -0.25) is 4.79 Å². The van der Waals surface area contributed by atoms with E-state index < -0.39 is 0 Å². The molecule has 3 nitrogen and oxygen atoms in total. The molecule has 2 rings (SSSR count). The number of halogens is 1. The third-order valence-electron chi connectivity index (χ3n) is 4.61. The van der Waals surface area contributed by atoms with Crippen molar-refractivity contribution in [3.63, 3.8) is 0 Å². The van der Waals surface area contributed by atoms with Crippen molar-refractivity contribution in [2.45, 2.75) is 45.1 Å². The summed E-state index contributed by atoms with van der Waals surface area (Å²) in [5, 5.41) is 3.06. The summed E-state index contributed by atoms with van der Waals surface area (Å²) in [6.07, 6.45) is 4.21. The normalized spacial score (nSPS) is 26.3. The quantitative estimate of drug-likeness (QED) is 0.893. The molecule has 20 heavy (non-hydrogen) atoms. The molecule has 0 heterocycles. The van der Waals surface area contributed by atoms with E-state index >= 15 is 0 Å². The first kappa shape index (κ1) is 15.0. The number of hydrogen-bond acceptors (Lipinski definition) is 2. The van der Waals surface area contributed by atoms with Gasteiger partial charge in [-0.25, -0.2) is 4.39 Å². The van der Waals surface area contributed by atoms with Gasteiger partial charge in [0.1, 0.15) is 5.82 Å². The number of amides is 1. The van der Waals surface area contributed by atoms with Crippen molar-refractivity contribution in [2.75, 3.05) is 6.54 Å². The van der Waals surface area contributed by atoms with E-state index in [1.165, 1.54) is 12.5 Å². The van der Waals surface area contributed by atoms with Crippen LogP contribution in [-0.4, -0.2) is 18.0 Å². The van der Waals surface area contributed by atoms with Crippen LogP contribution in [0, 0.1) is 18.7 Å². The predicted molar refractivity (Wildman–Crippen MR) is 78.0 cm³/mol. The lowest BCUT2D eigenvalue weighted by Crippen LogP contribution is -2.59. The minimum Gasteiger partial charge on any atom is -0.345 e. The first-order valence-corrected chi connectivity index (χ1v) is 7.27. The monoisotopic (exact) mass is 278 g/mol. The highest BCUT2D eigenvalue weighted by atomic mass is 19.1. The Morgan fingerprint density at radius 3 is 2.85 bits per heavy atom. The maximum Gasteiger partial charge on any atom is 0.251 e. The van der Waals surface area contributed by atoms with Gasteiger partial charge in [-0.15, -0.1) is 0 Å². The average Bonchev–Trinajstić information content (AvgIpc) is 2.44. The molecular weight excluding hydrogens is 255 g/mol.